The average Bonchev–Trinajstić information content (AvgIpc) is 2.78. The van der Waals surface area contributed by atoms with Gasteiger partial charge in [0.05, 0.1) is 19.1 Å². The molecule has 1 fully saturated rings. The van der Waals surface area contributed by atoms with Crippen LogP contribution in [-0.2, 0) is 11.2 Å². The maximum atomic E-state index is 13.0. The van der Waals surface area contributed by atoms with Crippen LogP contribution in [0.4, 0.5) is 10.5 Å². The maximum Gasteiger partial charge on any atom is 0.318 e. The van der Waals surface area contributed by atoms with E-state index in [0.29, 0.717) is 6.54 Å². The molecule has 3 amide bonds. The van der Waals surface area contributed by atoms with Gasteiger partial charge in [0, 0.05) is 18.3 Å². The average molecular weight is 424 g/mol. The normalized spacial score (nSPS) is 18.5. The molecule has 0 aromatic heterocycles. The summed E-state index contributed by atoms with van der Waals surface area (Å²) in [6, 6.07) is 15.6. The fourth-order valence-corrected chi connectivity index (χ4v) is 3.98. The van der Waals surface area contributed by atoms with E-state index in [1.165, 1.54) is 5.56 Å². The van der Waals surface area contributed by atoms with Crippen molar-refractivity contribution >= 4 is 17.6 Å². The van der Waals surface area contributed by atoms with Gasteiger partial charge in [-0.1, -0.05) is 31.2 Å². The molecule has 166 valence electrons. The van der Waals surface area contributed by atoms with Crippen LogP contribution in [-0.4, -0.2) is 36.5 Å². The standard InChI is InChI=1S/C25H33N3O3/c1-5-18-6-8-19(9-7-18)23-15-10-20(16-28(23)25(30)26-17(2)3)24(29)27-21-11-13-22(31-4)14-12-21/h6-9,11-14,17,20,23H,5,10,15-16H2,1-4H3,(H,26,30)(H,27,29). The molecule has 2 atom stereocenters. The van der Waals surface area contributed by atoms with E-state index in [0.717, 1.165) is 36.3 Å². The highest BCUT2D eigenvalue weighted by Crippen LogP contribution is 2.34. The number of piperidine rings is 1. The van der Waals surface area contributed by atoms with Gasteiger partial charge >= 0.3 is 6.03 Å². The number of nitrogens with zero attached hydrogens (tertiary/aromatic N) is 1. The second kappa shape index (κ2) is 10.3. The molecule has 0 spiro atoms. The van der Waals surface area contributed by atoms with Crippen molar-refractivity contribution in [2.45, 2.75) is 52.1 Å². The molecule has 31 heavy (non-hydrogen) atoms. The van der Waals surface area contributed by atoms with E-state index in [2.05, 4.69) is 41.8 Å². The van der Waals surface area contributed by atoms with Crippen LogP contribution < -0.4 is 15.4 Å². The Balaban J connectivity index is 1.74. The molecule has 6 heteroatoms. The van der Waals surface area contributed by atoms with Gasteiger partial charge in [0.2, 0.25) is 5.91 Å². The fraction of sp³-hybridized carbons (Fsp3) is 0.440. The zero-order valence-electron chi connectivity index (χ0n) is 18.9. The number of amides is 3. The summed E-state index contributed by atoms with van der Waals surface area (Å²) in [7, 11) is 1.61. The van der Waals surface area contributed by atoms with Gasteiger partial charge in [0.15, 0.2) is 0 Å². The third-order valence-electron chi connectivity index (χ3n) is 5.76. The van der Waals surface area contributed by atoms with Gasteiger partial charge in [-0.2, -0.15) is 0 Å². The molecule has 2 aromatic rings. The number of carbonyl (C=O) groups excluding carboxylic acids is 2. The Morgan fingerprint density at radius 3 is 2.32 bits per heavy atom. The lowest BCUT2D eigenvalue weighted by molar-refractivity contribution is -0.121. The first-order valence-electron chi connectivity index (χ1n) is 11.0. The smallest absolute Gasteiger partial charge is 0.318 e. The van der Waals surface area contributed by atoms with Crippen molar-refractivity contribution in [2.24, 2.45) is 5.92 Å². The first-order chi connectivity index (χ1) is 14.9. The van der Waals surface area contributed by atoms with Crippen molar-refractivity contribution < 1.29 is 14.3 Å². The first kappa shape index (κ1) is 22.7. The number of ether oxygens (including phenoxy) is 1. The molecule has 2 unspecified atom stereocenters. The number of hydrogen-bond acceptors (Lipinski definition) is 3. The minimum Gasteiger partial charge on any atom is -0.497 e. The highest BCUT2D eigenvalue weighted by atomic mass is 16.5. The molecule has 6 nitrogen and oxygen atoms in total. The van der Waals surface area contributed by atoms with E-state index in [9.17, 15) is 9.59 Å². The number of aryl methyl sites for hydroxylation is 1. The Bertz CT molecular complexity index is 878. The van der Waals surface area contributed by atoms with Gasteiger partial charge in [0.1, 0.15) is 5.75 Å². The minimum atomic E-state index is -0.258. The predicted octanol–water partition coefficient (Wildman–Crippen LogP) is 4.77. The number of urea groups is 1. The molecule has 3 rings (SSSR count). The molecule has 0 saturated carbocycles. The number of benzene rings is 2. The van der Waals surface area contributed by atoms with Crippen molar-refractivity contribution in [2.75, 3.05) is 19.0 Å². The first-order valence-corrected chi connectivity index (χ1v) is 11.0. The van der Waals surface area contributed by atoms with E-state index in [1.807, 2.05) is 43.0 Å². The maximum absolute atomic E-state index is 13.0. The lowest BCUT2D eigenvalue weighted by Crippen LogP contribution is -2.50. The van der Waals surface area contributed by atoms with E-state index < -0.39 is 0 Å². The molecule has 0 bridgehead atoms. The summed E-state index contributed by atoms with van der Waals surface area (Å²) in [5, 5.41) is 5.98. The van der Waals surface area contributed by atoms with Gasteiger partial charge in [-0.3, -0.25) is 4.79 Å². The van der Waals surface area contributed by atoms with Crippen LogP contribution in [0.15, 0.2) is 48.5 Å². The number of rotatable bonds is 6. The second-order valence-corrected chi connectivity index (χ2v) is 8.36. The summed E-state index contributed by atoms with van der Waals surface area (Å²) in [4.78, 5) is 27.7. The monoisotopic (exact) mass is 423 g/mol. The van der Waals surface area contributed by atoms with Crippen molar-refractivity contribution in [3.63, 3.8) is 0 Å². The number of carbonyl (C=O) groups is 2. The van der Waals surface area contributed by atoms with Crippen LogP contribution in [0.5, 0.6) is 5.75 Å². The summed E-state index contributed by atoms with van der Waals surface area (Å²) >= 11 is 0. The number of likely N-dealkylation sites (tertiary alicyclic amines) is 1. The van der Waals surface area contributed by atoms with E-state index in [1.54, 1.807) is 7.11 Å². The Hall–Kier alpha value is -3.02. The number of anilines is 1. The summed E-state index contributed by atoms with van der Waals surface area (Å²) in [6.07, 6.45) is 2.46. The van der Waals surface area contributed by atoms with E-state index in [-0.39, 0.29) is 29.9 Å². The topological polar surface area (TPSA) is 70.7 Å². The van der Waals surface area contributed by atoms with Gasteiger partial charge in [-0.25, -0.2) is 4.79 Å². The predicted molar refractivity (Wildman–Crippen MR) is 123 cm³/mol. The fourth-order valence-electron chi connectivity index (χ4n) is 3.98. The summed E-state index contributed by atoms with van der Waals surface area (Å²) in [5.41, 5.74) is 3.11. The highest BCUT2D eigenvalue weighted by Gasteiger charge is 2.35. The number of methoxy groups -OCH3 is 1. The number of hydrogen-bond donors (Lipinski definition) is 2. The highest BCUT2D eigenvalue weighted by molar-refractivity contribution is 5.93. The van der Waals surface area contributed by atoms with E-state index in [4.69, 9.17) is 4.74 Å². The van der Waals surface area contributed by atoms with Crippen molar-refractivity contribution in [3.05, 3.63) is 59.7 Å². The van der Waals surface area contributed by atoms with Crippen LogP contribution in [0.25, 0.3) is 0 Å². The number of nitrogens with one attached hydrogen (secondary N) is 2. The summed E-state index contributed by atoms with van der Waals surface area (Å²) in [5.74, 6) is 0.419. The SMILES string of the molecule is CCc1ccc(C2CCC(C(=O)Nc3ccc(OC)cc3)CN2C(=O)NC(C)C)cc1. The lowest BCUT2D eigenvalue weighted by Gasteiger charge is -2.39. The van der Waals surface area contributed by atoms with Gasteiger partial charge in [-0.15, -0.1) is 0 Å². The largest absolute Gasteiger partial charge is 0.497 e. The Morgan fingerprint density at radius 1 is 1.06 bits per heavy atom. The van der Waals surface area contributed by atoms with Crippen molar-refractivity contribution in [1.29, 1.82) is 0 Å². The van der Waals surface area contributed by atoms with Crippen LogP contribution >= 0.6 is 0 Å². The molecule has 0 aliphatic carbocycles. The van der Waals surface area contributed by atoms with Gasteiger partial charge in [0.25, 0.3) is 0 Å². The molecular weight excluding hydrogens is 390 g/mol. The third-order valence-corrected chi connectivity index (χ3v) is 5.76. The second-order valence-electron chi connectivity index (χ2n) is 8.36. The molecule has 1 aliphatic heterocycles. The minimum absolute atomic E-state index is 0.0316. The summed E-state index contributed by atoms with van der Waals surface area (Å²) in [6.45, 7) is 6.41. The Labute approximate surface area is 185 Å². The van der Waals surface area contributed by atoms with Gasteiger partial charge < -0.3 is 20.3 Å². The third kappa shape index (κ3) is 5.78. The van der Waals surface area contributed by atoms with E-state index >= 15 is 0 Å². The Morgan fingerprint density at radius 2 is 1.74 bits per heavy atom. The molecule has 1 heterocycles. The quantitative estimate of drug-likeness (QED) is 0.703. The summed E-state index contributed by atoms with van der Waals surface area (Å²) < 4.78 is 5.17. The van der Waals surface area contributed by atoms with Crippen molar-refractivity contribution in [3.8, 4) is 5.75 Å². The lowest BCUT2D eigenvalue weighted by atomic mass is 9.88. The zero-order valence-corrected chi connectivity index (χ0v) is 18.9. The van der Waals surface area contributed by atoms with Crippen molar-refractivity contribution in [1.82, 2.24) is 10.2 Å². The molecule has 2 aromatic carbocycles. The van der Waals surface area contributed by atoms with Crippen LogP contribution in [0.3, 0.4) is 0 Å². The van der Waals surface area contributed by atoms with Crippen LogP contribution in [0.1, 0.15) is 50.8 Å². The molecule has 1 aliphatic rings. The molecule has 2 N–H and O–H groups in total. The molecular formula is C25H33N3O3. The Kier molecular flexibility index (Phi) is 7.55. The zero-order chi connectivity index (χ0) is 22.4. The molecule has 1 saturated heterocycles. The van der Waals surface area contributed by atoms with Gasteiger partial charge in [-0.05, 0) is 68.5 Å². The van der Waals surface area contributed by atoms with Crippen LogP contribution in [0, 0.1) is 5.92 Å². The van der Waals surface area contributed by atoms with Crippen LogP contribution in [0.2, 0.25) is 0 Å². The molecule has 0 radical (unpaired) electrons.